The second-order valence-electron chi connectivity index (χ2n) is 9.60. The van der Waals surface area contributed by atoms with Crippen LogP contribution in [0.2, 0.25) is 0 Å². The van der Waals surface area contributed by atoms with Crippen LogP contribution in [0.3, 0.4) is 0 Å². The van der Waals surface area contributed by atoms with Gasteiger partial charge in [0.05, 0.1) is 42.0 Å². The molecule has 1 atom stereocenters. The molecule has 12 nitrogen and oxygen atoms in total. The SMILES string of the molecule is CCC(=O)c1cnc(Nc2cnc(OCCN3CC(F)(P)C3)cn2)cc1Nc1cccc(-c2ncn(C)n2)c1OC. The summed E-state index contributed by atoms with van der Waals surface area (Å²) in [5.74, 6) is 2.25. The Kier molecular flexibility index (Phi) is 8.36. The number of likely N-dealkylation sites (tertiary alicyclic amines) is 1. The summed E-state index contributed by atoms with van der Waals surface area (Å²) in [6.45, 7) is 3.54. The molecule has 0 aliphatic carbocycles. The zero-order chi connectivity index (χ0) is 29.0. The van der Waals surface area contributed by atoms with Gasteiger partial charge in [0.2, 0.25) is 5.88 Å². The van der Waals surface area contributed by atoms with Crippen LogP contribution in [-0.4, -0.2) is 79.2 Å². The molecule has 1 aliphatic heterocycles. The Morgan fingerprint density at radius 2 is 1.90 bits per heavy atom. The van der Waals surface area contributed by atoms with Crippen LogP contribution in [0.4, 0.5) is 27.4 Å². The van der Waals surface area contributed by atoms with Crippen LogP contribution in [-0.2, 0) is 7.05 Å². The number of aromatic nitrogens is 6. The van der Waals surface area contributed by atoms with E-state index in [0.29, 0.717) is 84.3 Å². The number of Topliss-reactive ketones (excluding diaryl/α,β-unsaturated/α-hetero) is 1. The van der Waals surface area contributed by atoms with Crippen molar-refractivity contribution in [3.8, 4) is 23.0 Å². The summed E-state index contributed by atoms with van der Waals surface area (Å²) >= 11 is 0. The number of carbonyl (C=O) groups is 1. The van der Waals surface area contributed by atoms with Gasteiger partial charge >= 0.3 is 0 Å². The van der Waals surface area contributed by atoms with E-state index >= 15 is 0 Å². The van der Waals surface area contributed by atoms with Gasteiger partial charge in [0, 0.05) is 45.4 Å². The molecular formula is C27H31FN9O3P. The van der Waals surface area contributed by atoms with Gasteiger partial charge in [-0.1, -0.05) is 22.2 Å². The van der Waals surface area contributed by atoms with Crippen LogP contribution in [0.15, 0.2) is 49.2 Å². The number of carbonyl (C=O) groups excluding carboxylic acids is 1. The molecule has 4 heterocycles. The molecule has 4 aromatic rings. The number of methoxy groups -OCH3 is 1. The van der Waals surface area contributed by atoms with Crippen LogP contribution >= 0.6 is 9.24 Å². The number of para-hydroxylation sites is 1. The molecule has 1 aromatic carbocycles. The summed E-state index contributed by atoms with van der Waals surface area (Å²) in [5, 5.41) is 9.64. The van der Waals surface area contributed by atoms with Gasteiger partial charge in [0.1, 0.15) is 30.0 Å². The van der Waals surface area contributed by atoms with E-state index in [4.69, 9.17) is 9.47 Å². The highest BCUT2D eigenvalue weighted by atomic mass is 31.0. The molecule has 5 rings (SSSR count). The molecular weight excluding hydrogens is 548 g/mol. The number of hydrogen-bond acceptors (Lipinski definition) is 11. The quantitative estimate of drug-likeness (QED) is 0.187. The maximum atomic E-state index is 13.6. The number of halogens is 1. The number of pyridine rings is 1. The Balaban J connectivity index is 1.31. The molecule has 2 N–H and O–H groups in total. The summed E-state index contributed by atoms with van der Waals surface area (Å²) in [6, 6.07) is 7.30. The van der Waals surface area contributed by atoms with E-state index in [1.165, 1.54) is 18.6 Å². The maximum absolute atomic E-state index is 13.6. The van der Waals surface area contributed by atoms with Crippen LogP contribution in [0, 0.1) is 0 Å². The molecule has 0 amide bonds. The smallest absolute Gasteiger partial charge is 0.232 e. The number of alkyl halides is 1. The normalized spacial score (nSPS) is 14.3. The summed E-state index contributed by atoms with van der Waals surface area (Å²) in [7, 11) is 5.59. The van der Waals surface area contributed by atoms with Crippen molar-refractivity contribution in [2.75, 3.05) is 44.0 Å². The molecule has 1 unspecified atom stereocenters. The zero-order valence-corrected chi connectivity index (χ0v) is 24.1. The zero-order valence-electron chi connectivity index (χ0n) is 23.0. The van der Waals surface area contributed by atoms with Gasteiger partial charge in [-0.25, -0.2) is 24.3 Å². The van der Waals surface area contributed by atoms with Gasteiger partial charge in [-0.2, -0.15) is 5.10 Å². The first-order chi connectivity index (χ1) is 19.7. The highest BCUT2D eigenvalue weighted by Crippen LogP contribution is 2.37. The average molecular weight is 580 g/mol. The van der Waals surface area contributed by atoms with Crippen molar-refractivity contribution < 1.29 is 18.7 Å². The van der Waals surface area contributed by atoms with E-state index in [9.17, 15) is 9.18 Å². The molecule has 41 heavy (non-hydrogen) atoms. The topological polar surface area (TPSA) is 132 Å². The van der Waals surface area contributed by atoms with Crippen LogP contribution in [0.5, 0.6) is 11.6 Å². The Morgan fingerprint density at radius 1 is 1.10 bits per heavy atom. The minimum atomic E-state index is -1.19. The number of ether oxygens (including phenoxy) is 2. The molecule has 0 saturated carbocycles. The molecule has 1 fully saturated rings. The van der Waals surface area contributed by atoms with Gasteiger partial charge in [0.25, 0.3) is 0 Å². The lowest BCUT2D eigenvalue weighted by molar-refractivity contribution is 0.0282. The van der Waals surface area contributed by atoms with Crippen LogP contribution in [0.1, 0.15) is 23.7 Å². The molecule has 1 aliphatic rings. The third kappa shape index (κ3) is 6.75. The van der Waals surface area contributed by atoms with Crippen molar-refractivity contribution in [1.82, 2.24) is 34.6 Å². The number of rotatable bonds is 12. The van der Waals surface area contributed by atoms with E-state index in [0.717, 1.165) is 0 Å². The summed E-state index contributed by atoms with van der Waals surface area (Å²) in [4.78, 5) is 32.1. The standard InChI is InChI=1S/C27H31FN9O3P/c1-4-21(38)18-11-29-22(34-23-12-31-24(13-30-23)40-9-8-37-14-27(28,41)15-37)10-20(18)33-19-7-5-6-17(25(19)39-3)26-32-16-36(2)35-26/h5-7,10-13,16H,4,8-9,14-15,41H2,1-3H3,(H2,29,30,33,34). The first kappa shape index (κ1) is 28.3. The Morgan fingerprint density at radius 3 is 2.56 bits per heavy atom. The maximum Gasteiger partial charge on any atom is 0.232 e. The highest BCUT2D eigenvalue weighted by Gasteiger charge is 2.38. The molecule has 214 valence electrons. The van der Waals surface area contributed by atoms with Crippen molar-refractivity contribution in [3.05, 3.63) is 54.7 Å². The minimum Gasteiger partial charge on any atom is -0.494 e. The van der Waals surface area contributed by atoms with E-state index in [1.54, 1.807) is 38.2 Å². The molecule has 14 heteroatoms. The van der Waals surface area contributed by atoms with Gasteiger partial charge < -0.3 is 20.1 Å². The number of anilines is 4. The molecule has 0 spiro atoms. The molecule has 0 radical (unpaired) electrons. The van der Waals surface area contributed by atoms with Crippen molar-refractivity contribution in [3.63, 3.8) is 0 Å². The third-order valence-electron chi connectivity index (χ3n) is 6.37. The third-order valence-corrected chi connectivity index (χ3v) is 6.73. The van der Waals surface area contributed by atoms with Crippen LogP contribution < -0.4 is 20.1 Å². The van der Waals surface area contributed by atoms with Crippen molar-refractivity contribution in [2.24, 2.45) is 7.05 Å². The number of nitrogens with one attached hydrogen (secondary N) is 2. The second-order valence-corrected chi connectivity index (χ2v) is 10.6. The first-order valence-electron chi connectivity index (χ1n) is 13.0. The Labute approximate surface area is 238 Å². The first-order valence-corrected chi connectivity index (χ1v) is 13.6. The lowest BCUT2D eigenvalue weighted by Gasteiger charge is -2.41. The lowest BCUT2D eigenvalue weighted by Crippen LogP contribution is -2.55. The summed E-state index contributed by atoms with van der Waals surface area (Å²) in [5.41, 5.74) is 2.32. The number of ketones is 1. The predicted octanol–water partition coefficient (Wildman–Crippen LogP) is 3.99. The number of aryl methyl sites for hydroxylation is 1. The lowest BCUT2D eigenvalue weighted by atomic mass is 10.1. The number of nitrogens with zero attached hydrogens (tertiary/aromatic N) is 7. The number of hydrogen-bond donors (Lipinski definition) is 2. The Hall–Kier alpha value is -4.22. The van der Waals surface area contributed by atoms with Crippen molar-refractivity contribution in [1.29, 1.82) is 0 Å². The highest BCUT2D eigenvalue weighted by molar-refractivity contribution is 7.18. The molecule has 1 saturated heterocycles. The van der Waals surface area contributed by atoms with Gasteiger partial charge in [0.15, 0.2) is 17.4 Å². The summed E-state index contributed by atoms with van der Waals surface area (Å²) in [6.07, 6.45) is 6.48. The van der Waals surface area contributed by atoms with Gasteiger partial charge in [-0.3, -0.25) is 14.4 Å². The van der Waals surface area contributed by atoms with Gasteiger partial charge in [-0.15, -0.1) is 0 Å². The van der Waals surface area contributed by atoms with E-state index in [-0.39, 0.29) is 5.78 Å². The van der Waals surface area contributed by atoms with Crippen molar-refractivity contribution >= 4 is 38.0 Å². The fourth-order valence-electron chi connectivity index (χ4n) is 4.40. The predicted molar refractivity (Wildman–Crippen MR) is 156 cm³/mol. The molecule has 0 bridgehead atoms. The monoisotopic (exact) mass is 579 g/mol. The fourth-order valence-corrected chi connectivity index (χ4v) is 4.92. The largest absolute Gasteiger partial charge is 0.494 e. The fraction of sp³-hybridized carbons (Fsp3) is 0.333. The minimum absolute atomic E-state index is 0.0671. The number of benzene rings is 1. The van der Waals surface area contributed by atoms with Crippen molar-refractivity contribution in [2.45, 2.75) is 18.8 Å². The Bertz CT molecular complexity index is 1520. The summed E-state index contributed by atoms with van der Waals surface area (Å²) < 4.78 is 26.5. The van der Waals surface area contributed by atoms with Gasteiger partial charge in [-0.05, 0) is 12.1 Å². The van der Waals surface area contributed by atoms with E-state index in [2.05, 4.69) is 44.9 Å². The van der Waals surface area contributed by atoms with E-state index in [1.807, 2.05) is 23.1 Å². The second kappa shape index (κ2) is 12.1. The van der Waals surface area contributed by atoms with E-state index < -0.39 is 5.41 Å². The molecule has 3 aromatic heterocycles. The van der Waals surface area contributed by atoms with Crippen LogP contribution in [0.25, 0.3) is 11.4 Å². The average Bonchev–Trinajstić information content (AvgIpc) is 3.38.